The van der Waals surface area contributed by atoms with E-state index in [9.17, 15) is 0 Å². The highest BCUT2D eigenvalue weighted by Crippen LogP contribution is 2.01. The van der Waals surface area contributed by atoms with Crippen molar-refractivity contribution in [2.45, 2.75) is 33.3 Å². The smallest absolute Gasteiger partial charge is 0.0725 e. The third-order valence-corrected chi connectivity index (χ3v) is 2.29. The lowest BCUT2D eigenvalue weighted by atomic mass is 10.2. The molecule has 86 valence electrons. The maximum atomic E-state index is 5.52. The molecule has 0 saturated carbocycles. The molecule has 1 aromatic carbocycles. The van der Waals surface area contributed by atoms with Crippen LogP contribution >= 0.6 is 0 Å². The van der Waals surface area contributed by atoms with Crippen molar-refractivity contribution >= 4 is 0 Å². The summed E-state index contributed by atoms with van der Waals surface area (Å²) in [4.78, 5) is 0. The molecule has 16 heavy (non-hydrogen) atoms. The van der Waals surface area contributed by atoms with Crippen molar-refractivity contribution in [2.24, 2.45) is 0 Å². The van der Waals surface area contributed by atoms with Gasteiger partial charge in [0, 0.05) is 0 Å². The Bertz CT molecular complexity index is 345. The minimum atomic E-state index is 0.635. The molecule has 0 unspecified atom stereocenters. The topological polar surface area (TPSA) is 9.23 Å². The fraction of sp³-hybridized carbons (Fsp3) is 0.400. The SMILES string of the molecule is CCCC(C)=C=CCOCc1ccccc1. The van der Waals surface area contributed by atoms with E-state index in [2.05, 4.69) is 31.7 Å². The van der Waals surface area contributed by atoms with Crippen LogP contribution in [0.4, 0.5) is 0 Å². The van der Waals surface area contributed by atoms with Crippen LogP contribution in [0.1, 0.15) is 32.3 Å². The molecule has 1 rings (SSSR count). The highest BCUT2D eigenvalue weighted by atomic mass is 16.5. The lowest BCUT2D eigenvalue weighted by Crippen LogP contribution is -1.91. The summed E-state index contributed by atoms with van der Waals surface area (Å²) in [6, 6.07) is 10.2. The van der Waals surface area contributed by atoms with Crippen molar-refractivity contribution in [1.29, 1.82) is 0 Å². The fourth-order valence-corrected chi connectivity index (χ4v) is 1.47. The Morgan fingerprint density at radius 1 is 1.31 bits per heavy atom. The Kier molecular flexibility index (Phi) is 6.32. The molecular formula is C15H20O. The summed E-state index contributed by atoms with van der Waals surface area (Å²) < 4.78 is 5.52. The third-order valence-electron chi connectivity index (χ3n) is 2.29. The highest BCUT2D eigenvalue weighted by molar-refractivity contribution is 5.13. The summed E-state index contributed by atoms with van der Waals surface area (Å²) in [5.74, 6) is 0. The van der Waals surface area contributed by atoms with Crippen LogP contribution in [0.2, 0.25) is 0 Å². The highest BCUT2D eigenvalue weighted by Gasteiger charge is 1.89. The number of hydrogen-bond donors (Lipinski definition) is 0. The van der Waals surface area contributed by atoms with Crippen LogP contribution in [0.5, 0.6) is 0 Å². The summed E-state index contributed by atoms with van der Waals surface area (Å²) in [5, 5.41) is 0. The van der Waals surface area contributed by atoms with Crippen molar-refractivity contribution in [1.82, 2.24) is 0 Å². The predicted molar refractivity (Wildman–Crippen MR) is 68.3 cm³/mol. The molecule has 0 aliphatic rings. The Morgan fingerprint density at radius 3 is 2.75 bits per heavy atom. The van der Waals surface area contributed by atoms with Crippen molar-refractivity contribution in [3.8, 4) is 0 Å². The van der Waals surface area contributed by atoms with Gasteiger partial charge in [0.15, 0.2) is 0 Å². The van der Waals surface area contributed by atoms with Crippen molar-refractivity contribution in [2.75, 3.05) is 6.61 Å². The third kappa shape index (κ3) is 5.55. The van der Waals surface area contributed by atoms with Crippen LogP contribution < -0.4 is 0 Å². The second-order valence-corrected chi connectivity index (χ2v) is 3.88. The Labute approximate surface area is 98.5 Å². The molecule has 0 bridgehead atoms. The molecule has 0 N–H and O–H groups in total. The van der Waals surface area contributed by atoms with E-state index >= 15 is 0 Å². The number of benzene rings is 1. The van der Waals surface area contributed by atoms with E-state index in [1.165, 1.54) is 17.6 Å². The Morgan fingerprint density at radius 2 is 2.06 bits per heavy atom. The first-order valence-electron chi connectivity index (χ1n) is 5.85. The second kappa shape index (κ2) is 7.92. The normalized spacial score (nSPS) is 9.62. The molecule has 1 nitrogen and oxygen atoms in total. The molecule has 0 amide bonds. The molecule has 0 aliphatic heterocycles. The largest absolute Gasteiger partial charge is 0.372 e. The summed E-state index contributed by atoms with van der Waals surface area (Å²) in [6.07, 6.45) is 4.26. The van der Waals surface area contributed by atoms with Gasteiger partial charge >= 0.3 is 0 Å². The molecular weight excluding hydrogens is 196 g/mol. The van der Waals surface area contributed by atoms with E-state index in [4.69, 9.17) is 4.74 Å². The predicted octanol–water partition coefficient (Wildman–Crippen LogP) is 4.10. The Balaban J connectivity index is 2.24. The summed E-state index contributed by atoms with van der Waals surface area (Å²) in [5.41, 5.74) is 5.75. The molecule has 0 aliphatic carbocycles. The molecule has 1 heteroatoms. The van der Waals surface area contributed by atoms with E-state index < -0.39 is 0 Å². The molecule has 0 radical (unpaired) electrons. The van der Waals surface area contributed by atoms with Gasteiger partial charge in [0.25, 0.3) is 0 Å². The van der Waals surface area contributed by atoms with Gasteiger partial charge in [-0.2, -0.15) is 0 Å². The van der Waals surface area contributed by atoms with E-state index in [0.29, 0.717) is 13.2 Å². The van der Waals surface area contributed by atoms with E-state index in [1.54, 1.807) is 0 Å². The monoisotopic (exact) mass is 216 g/mol. The van der Waals surface area contributed by atoms with Crippen LogP contribution in [0.15, 0.2) is 47.7 Å². The molecule has 0 heterocycles. The summed E-state index contributed by atoms with van der Waals surface area (Å²) in [6.45, 7) is 5.59. The first kappa shape index (κ1) is 12.8. The quantitative estimate of drug-likeness (QED) is 0.513. The van der Waals surface area contributed by atoms with Gasteiger partial charge in [-0.05, 0) is 30.6 Å². The minimum Gasteiger partial charge on any atom is -0.372 e. The van der Waals surface area contributed by atoms with E-state index in [1.807, 2.05) is 24.3 Å². The van der Waals surface area contributed by atoms with Gasteiger partial charge in [0.1, 0.15) is 0 Å². The zero-order valence-corrected chi connectivity index (χ0v) is 10.2. The lowest BCUT2D eigenvalue weighted by Gasteiger charge is -1.99. The molecule has 1 aromatic rings. The molecule has 0 fully saturated rings. The van der Waals surface area contributed by atoms with Gasteiger partial charge in [0.05, 0.1) is 13.2 Å². The van der Waals surface area contributed by atoms with Crippen LogP contribution in [0.3, 0.4) is 0 Å². The standard InChI is InChI=1S/C15H20O/c1-3-8-14(2)9-7-12-16-13-15-10-5-4-6-11-15/h4-7,10-11H,3,8,12-13H2,1-2H3. The van der Waals surface area contributed by atoms with Gasteiger partial charge in [-0.3, -0.25) is 0 Å². The molecule has 0 atom stereocenters. The van der Waals surface area contributed by atoms with Gasteiger partial charge in [-0.15, -0.1) is 5.73 Å². The molecule has 0 spiro atoms. The minimum absolute atomic E-state index is 0.635. The van der Waals surface area contributed by atoms with Gasteiger partial charge < -0.3 is 4.74 Å². The summed E-state index contributed by atoms with van der Waals surface area (Å²) in [7, 11) is 0. The van der Waals surface area contributed by atoms with Crippen LogP contribution in [-0.4, -0.2) is 6.61 Å². The zero-order valence-electron chi connectivity index (χ0n) is 10.2. The van der Waals surface area contributed by atoms with Crippen molar-refractivity contribution in [3.05, 3.63) is 53.3 Å². The zero-order chi connectivity index (χ0) is 11.6. The number of rotatable bonds is 6. The fourth-order valence-electron chi connectivity index (χ4n) is 1.47. The van der Waals surface area contributed by atoms with Crippen LogP contribution in [0.25, 0.3) is 0 Å². The van der Waals surface area contributed by atoms with Gasteiger partial charge in [-0.1, -0.05) is 43.7 Å². The van der Waals surface area contributed by atoms with E-state index in [0.717, 1.165) is 6.42 Å². The average molecular weight is 216 g/mol. The molecule has 0 aromatic heterocycles. The number of hydrogen-bond acceptors (Lipinski definition) is 1. The maximum absolute atomic E-state index is 5.52. The van der Waals surface area contributed by atoms with Gasteiger partial charge in [0.2, 0.25) is 0 Å². The maximum Gasteiger partial charge on any atom is 0.0725 e. The number of ether oxygens (including phenoxy) is 1. The Hall–Kier alpha value is -1.30. The van der Waals surface area contributed by atoms with Gasteiger partial charge in [-0.25, -0.2) is 0 Å². The van der Waals surface area contributed by atoms with Crippen molar-refractivity contribution < 1.29 is 4.74 Å². The second-order valence-electron chi connectivity index (χ2n) is 3.88. The average Bonchev–Trinajstić information content (AvgIpc) is 2.30. The van der Waals surface area contributed by atoms with Crippen LogP contribution in [0, 0.1) is 0 Å². The van der Waals surface area contributed by atoms with Crippen LogP contribution in [-0.2, 0) is 11.3 Å². The first-order valence-corrected chi connectivity index (χ1v) is 5.85. The lowest BCUT2D eigenvalue weighted by molar-refractivity contribution is 0.149. The summed E-state index contributed by atoms with van der Waals surface area (Å²) >= 11 is 0. The van der Waals surface area contributed by atoms with E-state index in [-0.39, 0.29) is 0 Å². The van der Waals surface area contributed by atoms with Crippen molar-refractivity contribution in [3.63, 3.8) is 0 Å². The molecule has 0 saturated heterocycles. The first-order chi connectivity index (χ1) is 7.83.